The molecule has 12 nitrogen and oxygen atoms in total. The van der Waals surface area contributed by atoms with E-state index in [1.807, 2.05) is 79.9 Å². The second kappa shape index (κ2) is 25.5. The molecule has 10 aromatic carbocycles. The molecule has 114 heavy (non-hydrogen) atoms. The minimum absolute atomic E-state index is 0.180. The van der Waals surface area contributed by atoms with Gasteiger partial charge >= 0.3 is 0 Å². The molecule has 0 amide bonds. The summed E-state index contributed by atoms with van der Waals surface area (Å²) in [5.74, 6) is 1.77. The van der Waals surface area contributed by atoms with Gasteiger partial charge in [-0.2, -0.15) is 0 Å². The first-order valence-corrected chi connectivity index (χ1v) is 38.7. The normalized spacial score (nSPS) is 13.1. The number of imidazole rings is 2. The lowest BCUT2D eigenvalue weighted by atomic mass is 9.81. The number of para-hydroxylation sites is 3. The molecule has 0 atom stereocenters. The molecule has 22 rings (SSSR count). The van der Waals surface area contributed by atoms with Gasteiger partial charge < -0.3 is 9.13 Å². The molecule has 538 valence electrons. The maximum atomic E-state index is 5.74. The average molecular weight is 1460 g/mol. The van der Waals surface area contributed by atoms with Crippen molar-refractivity contribution in [3.05, 3.63) is 339 Å². The highest BCUT2D eigenvalue weighted by atomic mass is 15.1. The van der Waals surface area contributed by atoms with Crippen LogP contribution in [0.4, 0.5) is 0 Å². The van der Waals surface area contributed by atoms with Gasteiger partial charge in [0.05, 0.1) is 66.9 Å². The Morgan fingerprint density at radius 2 is 0.596 bits per heavy atom. The van der Waals surface area contributed by atoms with Gasteiger partial charge in [-0.3, -0.25) is 19.9 Å². The van der Waals surface area contributed by atoms with Crippen LogP contribution >= 0.6 is 0 Å². The van der Waals surface area contributed by atoms with E-state index in [2.05, 4.69) is 307 Å². The Balaban J connectivity index is 0.618. The fourth-order valence-corrected chi connectivity index (χ4v) is 18.2. The van der Waals surface area contributed by atoms with Crippen LogP contribution in [-0.4, -0.2) is 59.0 Å². The molecule has 20 aromatic rings. The van der Waals surface area contributed by atoms with E-state index in [0.717, 1.165) is 189 Å². The summed E-state index contributed by atoms with van der Waals surface area (Å²) in [6.45, 7) is 9.36. The van der Waals surface area contributed by atoms with Crippen molar-refractivity contribution < 1.29 is 0 Å². The minimum Gasteiger partial charge on any atom is -0.327 e. The topological polar surface area (TPSA) is 139 Å². The summed E-state index contributed by atoms with van der Waals surface area (Å²) in [6.07, 6.45) is 15.0. The van der Waals surface area contributed by atoms with E-state index in [-0.39, 0.29) is 10.8 Å². The van der Waals surface area contributed by atoms with E-state index in [4.69, 9.17) is 29.9 Å². The number of benzene rings is 10. The molecule has 10 heterocycles. The van der Waals surface area contributed by atoms with Gasteiger partial charge in [-0.15, -0.1) is 0 Å². The van der Waals surface area contributed by atoms with Gasteiger partial charge in [-0.05, 0) is 157 Å². The van der Waals surface area contributed by atoms with Gasteiger partial charge in [0.25, 0.3) is 0 Å². The number of hydrogen-bond donors (Lipinski definition) is 0. The second-order valence-electron chi connectivity index (χ2n) is 31.3. The van der Waals surface area contributed by atoms with Crippen LogP contribution < -0.4 is 0 Å². The van der Waals surface area contributed by atoms with Crippen molar-refractivity contribution in [1.82, 2.24) is 59.0 Å². The molecule has 0 unspecified atom stereocenters. The first-order chi connectivity index (χ1) is 55.8. The van der Waals surface area contributed by atoms with Crippen molar-refractivity contribution in [3.8, 4) is 146 Å². The average Bonchev–Trinajstić information content (AvgIpc) is 1.61. The molecule has 0 N–H and O–H groups in total. The van der Waals surface area contributed by atoms with E-state index < -0.39 is 0 Å². The van der Waals surface area contributed by atoms with Gasteiger partial charge in [-0.1, -0.05) is 210 Å². The monoisotopic (exact) mass is 1460 g/mol. The van der Waals surface area contributed by atoms with Crippen LogP contribution in [0.5, 0.6) is 0 Å². The molecule has 2 aliphatic rings. The molecule has 0 bridgehead atoms. The first kappa shape index (κ1) is 66.4. The van der Waals surface area contributed by atoms with Crippen LogP contribution in [0, 0.1) is 0 Å². The third-order valence-electron chi connectivity index (χ3n) is 24.1. The predicted molar refractivity (Wildman–Crippen MR) is 462 cm³/mol. The summed E-state index contributed by atoms with van der Waals surface area (Å²) >= 11 is 0. The van der Waals surface area contributed by atoms with E-state index in [1.165, 1.54) is 44.5 Å². The Morgan fingerprint density at radius 1 is 0.228 bits per heavy atom. The van der Waals surface area contributed by atoms with Crippen LogP contribution in [0.1, 0.15) is 49.9 Å². The van der Waals surface area contributed by atoms with Gasteiger partial charge in [0, 0.05) is 157 Å². The third kappa shape index (κ3) is 10.4. The van der Waals surface area contributed by atoms with Gasteiger partial charge in [0.15, 0.2) is 0 Å². The number of rotatable bonds is 11. The number of aryl methyl sites for hydroxylation is 2. The Morgan fingerprint density at radius 3 is 1.06 bits per heavy atom. The lowest BCUT2D eigenvalue weighted by Crippen LogP contribution is -2.15. The number of fused-ring (bicyclic) bond motifs is 14. The lowest BCUT2D eigenvalue weighted by Gasteiger charge is -2.22. The summed E-state index contributed by atoms with van der Waals surface area (Å²) in [6, 6.07) is 95.7. The van der Waals surface area contributed by atoms with Crippen LogP contribution in [0.25, 0.3) is 211 Å². The summed E-state index contributed by atoms with van der Waals surface area (Å²) in [7, 11) is 4.18. The number of nitrogens with zero attached hydrogens (tertiary/aromatic N) is 12. The van der Waals surface area contributed by atoms with Crippen molar-refractivity contribution in [2.75, 3.05) is 0 Å². The molecular formula is C102H70N12. The van der Waals surface area contributed by atoms with Crippen LogP contribution in [-0.2, 0) is 24.9 Å². The molecule has 0 saturated heterocycles. The molecule has 0 aliphatic heterocycles. The van der Waals surface area contributed by atoms with Crippen molar-refractivity contribution >= 4 is 65.7 Å². The molecule has 0 spiro atoms. The van der Waals surface area contributed by atoms with Gasteiger partial charge in [0.1, 0.15) is 11.6 Å². The molecule has 0 radical (unpaired) electrons. The van der Waals surface area contributed by atoms with E-state index >= 15 is 0 Å². The number of pyridine rings is 8. The zero-order valence-electron chi connectivity index (χ0n) is 63.4. The highest BCUT2D eigenvalue weighted by Crippen LogP contribution is 2.54. The summed E-state index contributed by atoms with van der Waals surface area (Å²) in [4.78, 5) is 51.6. The standard InChI is InChI=1S/C102H70N12/c1-101(2)83-22-8-7-20-71(83)72-37-34-64(49-85(72)101)90-53-80(68-18-14-46-105-57-68)76-41-42-77-81(69-19-15-47-106-58-69)54-91(110-98(77)97(76)109-90)65-35-38-73-82-48-63(36-43-84(82)102(3,4)86(73)50-65)70-21-11-25-93-94(70)112-100(114(93)6)62-32-28-60(29-33-62)89-52-79(67-17-13-45-104-56-67)75-40-39-74-78(66-16-12-44-103-55-66)51-88(107-95(74)96(75)108-89)59-26-30-61(31-27-59)99-111-87-23-9-10-24-92(87)113(99)5/h7-58H,1-6H3. The zero-order chi connectivity index (χ0) is 76.2. The summed E-state index contributed by atoms with van der Waals surface area (Å²) in [5.41, 5.74) is 36.5. The Labute approximate surface area is 657 Å². The van der Waals surface area contributed by atoms with E-state index in [1.54, 1.807) is 0 Å². The zero-order valence-corrected chi connectivity index (χ0v) is 63.4. The van der Waals surface area contributed by atoms with Crippen LogP contribution in [0.2, 0.25) is 0 Å². The number of aromatic nitrogens is 12. The van der Waals surface area contributed by atoms with Crippen molar-refractivity contribution in [2.24, 2.45) is 14.1 Å². The molecule has 0 fully saturated rings. The number of hydrogen-bond acceptors (Lipinski definition) is 10. The quantitative estimate of drug-likeness (QED) is 0.115. The van der Waals surface area contributed by atoms with E-state index in [9.17, 15) is 0 Å². The summed E-state index contributed by atoms with van der Waals surface area (Å²) < 4.78 is 4.36. The maximum absolute atomic E-state index is 5.74. The van der Waals surface area contributed by atoms with Crippen LogP contribution in [0.15, 0.2) is 316 Å². The largest absolute Gasteiger partial charge is 0.327 e. The Hall–Kier alpha value is -14.6. The molecule has 2 aliphatic carbocycles. The maximum Gasteiger partial charge on any atom is 0.140 e. The van der Waals surface area contributed by atoms with Crippen molar-refractivity contribution in [1.29, 1.82) is 0 Å². The van der Waals surface area contributed by atoms with Crippen molar-refractivity contribution in [2.45, 2.75) is 38.5 Å². The SMILES string of the molecule is Cn1c(-c2ccc(-c3cc(-c4cccnc4)c4ccc5c(-c6cccnc6)cc(-c6ccc(-c7nc8c(-c9ccc%10c(c9)-c9ccc(-c%11cc(-c%12cccnc%12)c%12ccc%13c(-c%14cccnc%14)cc(-c%14ccc%15c(c%14)C(C)(C)c%14ccccc%14-%15)nc%13c%12n%11)cc9C%10(C)C)cccc8n7C)cc6)nc5c4n3)cc2)nc2ccccc21. The van der Waals surface area contributed by atoms with Crippen LogP contribution in [0.3, 0.4) is 0 Å². The predicted octanol–water partition coefficient (Wildman–Crippen LogP) is 24.2. The Bertz CT molecular complexity index is 7400. The second-order valence-corrected chi connectivity index (χ2v) is 31.3. The van der Waals surface area contributed by atoms with Gasteiger partial charge in [0.2, 0.25) is 0 Å². The lowest BCUT2D eigenvalue weighted by molar-refractivity contribution is 0.660. The van der Waals surface area contributed by atoms with Gasteiger partial charge in [-0.25, -0.2) is 29.9 Å². The third-order valence-corrected chi connectivity index (χ3v) is 24.1. The Kier molecular flexibility index (Phi) is 14.8. The van der Waals surface area contributed by atoms with E-state index in [0.29, 0.717) is 0 Å². The minimum atomic E-state index is -0.335. The highest BCUT2D eigenvalue weighted by Gasteiger charge is 2.38. The molecular weight excluding hydrogens is 1390 g/mol. The smallest absolute Gasteiger partial charge is 0.140 e. The fourth-order valence-electron chi connectivity index (χ4n) is 18.2. The van der Waals surface area contributed by atoms with Crippen molar-refractivity contribution in [3.63, 3.8) is 0 Å². The fraction of sp³-hybridized carbons (Fsp3) is 0.0784. The molecule has 10 aromatic heterocycles. The molecule has 0 saturated carbocycles. The highest BCUT2D eigenvalue weighted by molar-refractivity contribution is 6.15. The summed E-state index contributed by atoms with van der Waals surface area (Å²) in [5, 5.41) is 3.96. The first-order valence-electron chi connectivity index (χ1n) is 38.7. The molecule has 12 heteroatoms.